The van der Waals surface area contributed by atoms with E-state index in [-0.39, 0.29) is 5.41 Å². The van der Waals surface area contributed by atoms with Crippen LogP contribution in [0.1, 0.15) is 27.2 Å². The molecule has 1 aromatic heterocycles. The van der Waals surface area contributed by atoms with Crippen LogP contribution in [0.4, 0.5) is 11.6 Å². The number of hydrogen-bond donors (Lipinski definition) is 2. The Bertz CT molecular complexity index is 412. The Morgan fingerprint density at radius 1 is 1.25 bits per heavy atom. The van der Waals surface area contributed by atoms with Crippen LogP contribution in [0.15, 0.2) is 11.2 Å². The first-order valence-electron chi connectivity index (χ1n) is 6.90. The van der Waals surface area contributed by atoms with Crippen LogP contribution < -0.4 is 10.6 Å². The van der Waals surface area contributed by atoms with Crippen molar-refractivity contribution in [3.05, 3.63) is 6.07 Å². The zero-order valence-electron chi connectivity index (χ0n) is 13.1. The molecule has 0 radical (unpaired) electrons. The van der Waals surface area contributed by atoms with E-state index >= 15 is 0 Å². The van der Waals surface area contributed by atoms with Crippen molar-refractivity contribution in [3.8, 4) is 0 Å². The van der Waals surface area contributed by atoms with Gasteiger partial charge in [-0.1, -0.05) is 25.6 Å². The van der Waals surface area contributed by atoms with E-state index in [0.717, 1.165) is 42.9 Å². The number of hydrogen-bond acceptors (Lipinski definition) is 6. The molecular weight excluding hydrogens is 272 g/mol. The van der Waals surface area contributed by atoms with Gasteiger partial charge in [0.1, 0.15) is 11.6 Å². The van der Waals surface area contributed by atoms with Crippen molar-refractivity contribution in [1.82, 2.24) is 9.97 Å². The minimum absolute atomic E-state index is 0.166. The SMILES string of the molecule is CCNc1cc(NCC(C)(C)CCOC)nc(SC)n1. The highest BCUT2D eigenvalue weighted by molar-refractivity contribution is 7.98. The second kappa shape index (κ2) is 8.32. The van der Waals surface area contributed by atoms with E-state index in [1.807, 2.05) is 12.3 Å². The van der Waals surface area contributed by atoms with Gasteiger partial charge in [0, 0.05) is 32.9 Å². The average Bonchev–Trinajstić information content (AvgIpc) is 2.43. The predicted octanol–water partition coefficient (Wildman–Crippen LogP) is 3.10. The summed E-state index contributed by atoms with van der Waals surface area (Å²) in [6.07, 6.45) is 2.99. The molecule has 1 aromatic rings. The molecular formula is C14H26N4OS. The molecule has 1 rings (SSSR count). The minimum atomic E-state index is 0.166. The van der Waals surface area contributed by atoms with Crippen LogP contribution in [-0.2, 0) is 4.74 Å². The summed E-state index contributed by atoms with van der Waals surface area (Å²) in [4.78, 5) is 8.90. The van der Waals surface area contributed by atoms with Gasteiger partial charge >= 0.3 is 0 Å². The van der Waals surface area contributed by atoms with Crippen molar-refractivity contribution in [2.75, 3.05) is 43.7 Å². The maximum atomic E-state index is 5.15. The minimum Gasteiger partial charge on any atom is -0.385 e. The topological polar surface area (TPSA) is 59.1 Å². The summed E-state index contributed by atoms with van der Waals surface area (Å²) in [6.45, 7) is 8.98. The van der Waals surface area contributed by atoms with Gasteiger partial charge in [-0.15, -0.1) is 0 Å². The van der Waals surface area contributed by atoms with Crippen LogP contribution in [0, 0.1) is 5.41 Å². The highest BCUT2D eigenvalue weighted by Crippen LogP contribution is 2.22. The number of nitrogens with one attached hydrogen (secondary N) is 2. The summed E-state index contributed by atoms with van der Waals surface area (Å²) < 4.78 is 5.15. The molecule has 5 nitrogen and oxygen atoms in total. The lowest BCUT2D eigenvalue weighted by Crippen LogP contribution is -2.25. The molecule has 0 saturated heterocycles. The van der Waals surface area contributed by atoms with Crippen LogP contribution in [0.5, 0.6) is 0 Å². The van der Waals surface area contributed by atoms with Crippen LogP contribution in [-0.4, -0.2) is 43.0 Å². The highest BCUT2D eigenvalue weighted by atomic mass is 32.2. The quantitative estimate of drug-likeness (QED) is 0.539. The summed E-state index contributed by atoms with van der Waals surface area (Å²) in [5, 5.41) is 7.42. The maximum Gasteiger partial charge on any atom is 0.191 e. The lowest BCUT2D eigenvalue weighted by molar-refractivity contribution is 0.157. The Balaban J connectivity index is 2.68. The molecule has 1 heterocycles. The van der Waals surface area contributed by atoms with Crippen molar-refractivity contribution < 1.29 is 4.74 Å². The van der Waals surface area contributed by atoms with Gasteiger partial charge in [-0.25, -0.2) is 9.97 Å². The summed E-state index contributed by atoms with van der Waals surface area (Å²) in [5.41, 5.74) is 0.166. The van der Waals surface area contributed by atoms with Crippen LogP contribution in [0.2, 0.25) is 0 Å². The zero-order chi connectivity index (χ0) is 15.0. The first-order chi connectivity index (χ1) is 9.50. The van der Waals surface area contributed by atoms with Gasteiger partial charge in [0.05, 0.1) is 0 Å². The second-order valence-corrected chi connectivity index (χ2v) is 6.19. The van der Waals surface area contributed by atoms with E-state index in [1.165, 1.54) is 0 Å². The van der Waals surface area contributed by atoms with Crippen LogP contribution in [0.3, 0.4) is 0 Å². The molecule has 114 valence electrons. The molecule has 0 bridgehead atoms. The number of aromatic nitrogens is 2. The van der Waals surface area contributed by atoms with Gasteiger partial charge < -0.3 is 15.4 Å². The smallest absolute Gasteiger partial charge is 0.191 e. The van der Waals surface area contributed by atoms with Crippen molar-refractivity contribution in [2.24, 2.45) is 5.41 Å². The number of ether oxygens (including phenoxy) is 1. The lowest BCUT2D eigenvalue weighted by atomic mass is 9.90. The summed E-state index contributed by atoms with van der Waals surface area (Å²) in [5.74, 6) is 1.73. The molecule has 0 atom stereocenters. The molecule has 0 aromatic carbocycles. The number of rotatable bonds is 9. The largest absolute Gasteiger partial charge is 0.385 e. The molecule has 0 amide bonds. The zero-order valence-corrected chi connectivity index (χ0v) is 13.9. The van der Waals surface area contributed by atoms with Gasteiger partial charge in [-0.05, 0) is 25.0 Å². The molecule has 0 aliphatic rings. The average molecular weight is 298 g/mol. The van der Waals surface area contributed by atoms with E-state index in [0.29, 0.717) is 0 Å². The van der Waals surface area contributed by atoms with Crippen LogP contribution >= 0.6 is 11.8 Å². The summed E-state index contributed by atoms with van der Waals surface area (Å²) in [6, 6.07) is 1.95. The normalized spacial score (nSPS) is 11.4. The first kappa shape index (κ1) is 17.0. The second-order valence-electron chi connectivity index (χ2n) is 5.42. The summed E-state index contributed by atoms with van der Waals surface area (Å²) >= 11 is 1.55. The van der Waals surface area contributed by atoms with E-state index < -0.39 is 0 Å². The Morgan fingerprint density at radius 3 is 2.45 bits per heavy atom. The van der Waals surface area contributed by atoms with E-state index in [1.54, 1.807) is 18.9 Å². The van der Waals surface area contributed by atoms with Gasteiger partial charge in [-0.2, -0.15) is 0 Å². The fourth-order valence-electron chi connectivity index (χ4n) is 1.68. The number of thioether (sulfide) groups is 1. The van der Waals surface area contributed by atoms with Gasteiger partial charge in [0.15, 0.2) is 5.16 Å². The number of anilines is 2. The van der Waals surface area contributed by atoms with E-state index in [2.05, 4.69) is 41.4 Å². The van der Waals surface area contributed by atoms with Crippen molar-refractivity contribution in [1.29, 1.82) is 0 Å². The third-order valence-electron chi connectivity index (χ3n) is 2.98. The van der Waals surface area contributed by atoms with Crippen molar-refractivity contribution in [2.45, 2.75) is 32.3 Å². The van der Waals surface area contributed by atoms with Crippen LogP contribution in [0.25, 0.3) is 0 Å². The number of methoxy groups -OCH3 is 1. The van der Waals surface area contributed by atoms with Crippen molar-refractivity contribution in [3.63, 3.8) is 0 Å². The Labute approximate surface area is 126 Å². The molecule has 2 N–H and O–H groups in total. The Kier molecular flexibility index (Phi) is 7.09. The van der Waals surface area contributed by atoms with Gasteiger partial charge in [0.2, 0.25) is 0 Å². The van der Waals surface area contributed by atoms with Gasteiger partial charge in [0.25, 0.3) is 0 Å². The van der Waals surface area contributed by atoms with E-state index in [4.69, 9.17) is 4.74 Å². The standard InChI is InChI=1S/C14H26N4OS/c1-6-15-11-9-12(18-13(17-11)20-5)16-10-14(2,3)7-8-19-4/h9H,6-8,10H2,1-5H3,(H2,15,16,17,18). The van der Waals surface area contributed by atoms with E-state index in [9.17, 15) is 0 Å². The maximum absolute atomic E-state index is 5.15. The predicted molar refractivity (Wildman–Crippen MR) is 86.7 cm³/mol. The molecule has 0 aliphatic heterocycles. The number of nitrogens with zero attached hydrogens (tertiary/aromatic N) is 2. The van der Waals surface area contributed by atoms with Crippen molar-refractivity contribution >= 4 is 23.4 Å². The molecule has 0 fully saturated rings. The molecule has 0 spiro atoms. The fourth-order valence-corrected chi connectivity index (χ4v) is 2.05. The molecule has 6 heteroatoms. The Hall–Kier alpha value is -1.01. The third-order valence-corrected chi connectivity index (χ3v) is 3.52. The molecule has 0 saturated carbocycles. The first-order valence-corrected chi connectivity index (χ1v) is 8.13. The fraction of sp³-hybridized carbons (Fsp3) is 0.714. The summed E-state index contributed by atoms with van der Waals surface area (Å²) in [7, 11) is 1.74. The monoisotopic (exact) mass is 298 g/mol. The third kappa shape index (κ3) is 5.96. The molecule has 0 aliphatic carbocycles. The highest BCUT2D eigenvalue weighted by Gasteiger charge is 2.17. The molecule has 20 heavy (non-hydrogen) atoms. The Morgan fingerprint density at radius 2 is 1.90 bits per heavy atom. The molecule has 0 unspecified atom stereocenters. The van der Waals surface area contributed by atoms with Gasteiger partial charge in [-0.3, -0.25) is 0 Å². The lowest BCUT2D eigenvalue weighted by Gasteiger charge is -2.25.